The maximum absolute atomic E-state index is 11.8. The van der Waals surface area contributed by atoms with Crippen LogP contribution in [0.3, 0.4) is 0 Å². The Kier molecular flexibility index (Phi) is 6.65. The lowest BCUT2D eigenvalue weighted by atomic mass is 10.1. The van der Waals surface area contributed by atoms with Crippen molar-refractivity contribution in [1.82, 2.24) is 4.90 Å². The average Bonchev–Trinajstić information content (AvgIpc) is 2.61. The molecule has 0 radical (unpaired) electrons. The first-order valence-electron chi connectivity index (χ1n) is 6.42. The number of hydrogen-bond donors (Lipinski definition) is 0. The van der Waals surface area contributed by atoms with E-state index in [4.69, 9.17) is 12.2 Å². The van der Waals surface area contributed by atoms with Gasteiger partial charge in [-0.2, -0.15) is 0 Å². The van der Waals surface area contributed by atoms with Gasteiger partial charge < -0.3 is 0 Å². The van der Waals surface area contributed by atoms with E-state index in [1.54, 1.807) is 6.92 Å². The molecular formula is C13H19NO3S2. The number of rotatable bonds is 8. The molecule has 1 heterocycles. The molecule has 1 atom stereocenters. The van der Waals surface area contributed by atoms with Crippen molar-refractivity contribution in [2.75, 3.05) is 12.3 Å². The van der Waals surface area contributed by atoms with E-state index in [0.29, 0.717) is 18.7 Å². The summed E-state index contributed by atoms with van der Waals surface area (Å²) in [4.78, 5) is 37.1. The van der Waals surface area contributed by atoms with Gasteiger partial charge in [-0.05, 0) is 31.6 Å². The molecule has 1 unspecified atom stereocenters. The minimum atomic E-state index is -0.372. The van der Waals surface area contributed by atoms with Gasteiger partial charge in [-0.15, -0.1) is 11.8 Å². The summed E-state index contributed by atoms with van der Waals surface area (Å²) in [5.41, 5.74) is 0. The maximum Gasteiger partial charge on any atom is 0.242 e. The Labute approximate surface area is 123 Å². The molecule has 4 nitrogen and oxygen atoms in total. The highest BCUT2D eigenvalue weighted by molar-refractivity contribution is 8.01. The number of carbonyl (C=O) groups excluding carboxylic acids is 3. The largest absolute Gasteiger partial charge is 0.299 e. The van der Waals surface area contributed by atoms with Gasteiger partial charge in [-0.3, -0.25) is 19.3 Å². The van der Waals surface area contributed by atoms with Crippen molar-refractivity contribution in [3.63, 3.8) is 0 Å². The van der Waals surface area contributed by atoms with Crippen molar-refractivity contribution in [2.45, 2.75) is 44.8 Å². The number of nitrogens with zero attached hydrogens (tertiary/aromatic N) is 1. The van der Waals surface area contributed by atoms with Gasteiger partial charge in [0.15, 0.2) is 0 Å². The molecule has 1 aliphatic rings. The van der Waals surface area contributed by atoms with E-state index in [9.17, 15) is 14.4 Å². The molecule has 6 heteroatoms. The van der Waals surface area contributed by atoms with Crippen molar-refractivity contribution < 1.29 is 14.4 Å². The summed E-state index contributed by atoms with van der Waals surface area (Å²) in [5.74, 6) is 0.141. The second kappa shape index (κ2) is 7.75. The Balaban J connectivity index is 2.29. The number of Topliss-reactive ketones (excluding diaryl/α,β-unsaturated/α-hetero) is 1. The summed E-state index contributed by atoms with van der Waals surface area (Å²) < 4.78 is 0. The average molecular weight is 301 g/mol. The van der Waals surface area contributed by atoms with E-state index < -0.39 is 0 Å². The molecule has 1 aliphatic heterocycles. The highest BCUT2D eigenvalue weighted by Gasteiger charge is 2.37. The molecule has 1 fully saturated rings. The number of ketones is 1. The van der Waals surface area contributed by atoms with Crippen LogP contribution in [0.4, 0.5) is 0 Å². The van der Waals surface area contributed by atoms with Gasteiger partial charge >= 0.3 is 0 Å². The maximum atomic E-state index is 11.8. The van der Waals surface area contributed by atoms with Crippen LogP contribution in [0.1, 0.15) is 39.5 Å². The zero-order chi connectivity index (χ0) is 14.4. The van der Waals surface area contributed by atoms with Crippen molar-refractivity contribution in [3.8, 4) is 0 Å². The van der Waals surface area contributed by atoms with Crippen LogP contribution in [0.25, 0.3) is 0 Å². The number of imide groups is 1. The summed E-state index contributed by atoms with van der Waals surface area (Å²) >= 11 is 6.24. The van der Waals surface area contributed by atoms with Crippen LogP contribution in [0, 0.1) is 0 Å². The van der Waals surface area contributed by atoms with E-state index in [-0.39, 0.29) is 29.3 Å². The van der Waals surface area contributed by atoms with Gasteiger partial charge in [0.25, 0.3) is 0 Å². The fraction of sp³-hybridized carbons (Fsp3) is 0.692. The van der Waals surface area contributed by atoms with Gasteiger partial charge in [-0.25, -0.2) is 0 Å². The molecule has 0 saturated carbocycles. The zero-order valence-corrected chi connectivity index (χ0v) is 12.9. The van der Waals surface area contributed by atoms with Gasteiger partial charge in [0.05, 0.1) is 11.0 Å². The molecule has 0 aliphatic carbocycles. The van der Waals surface area contributed by atoms with E-state index in [1.807, 2.05) is 6.92 Å². The van der Waals surface area contributed by atoms with E-state index in [2.05, 4.69) is 0 Å². The van der Waals surface area contributed by atoms with Crippen LogP contribution >= 0.6 is 24.0 Å². The first kappa shape index (κ1) is 16.3. The number of likely N-dealkylation sites (tertiary alicyclic amines) is 1. The monoisotopic (exact) mass is 301 g/mol. The summed E-state index contributed by atoms with van der Waals surface area (Å²) in [6, 6.07) is 0. The Hall–Kier alpha value is -0.750. The molecule has 19 heavy (non-hydrogen) atoms. The number of carbonyl (C=O) groups is 3. The Morgan fingerprint density at radius 1 is 1.42 bits per heavy atom. The van der Waals surface area contributed by atoms with E-state index in [1.165, 1.54) is 16.7 Å². The normalized spacial score (nSPS) is 19.1. The lowest BCUT2D eigenvalue weighted by Gasteiger charge is -2.11. The number of hydrogen-bond acceptors (Lipinski definition) is 5. The van der Waals surface area contributed by atoms with Gasteiger partial charge in [0.2, 0.25) is 11.8 Å². The molecule has 2 amide bonds. The summed E-state index contributed by atoms with van der Waals surface area (Å²) in [7, 11) is 0. The summed E-state index contributed by atoms with van der Waals surface area (Å²) in [6.07, 6.45) is 2.28. The number of thiocarbonyl (C=S) groups is 1. The standard InChI is InChI=1S/C13H19NO3S2/c1-3-14-12(16)7-11(13(14)17)19-8-10(15)6-4-5-9(2)18/h11H,3-8H2,1-2H3. The second-order valence-corrected chi connectivity index (χ2v) is 6.46. The van der Waals surface area contributed by atoms with Crippen LogP contribution in [0.15, 0.2) is 0 Å². The predicted octanol–water partition coefficient (Wildman–Crippen LogP) is 2.00. The molecule has 1 saturated heterocycles. The van der Waals surface area contributed by atoms with Crippen molar-refractivity contribution >= 4 is 46.4 Å². The van der Waals surface area contributed by atoms with Crippen LogP contribution in [0.2, 0.25) is 0 Å². The van der Waals surface area contributed by atoms with Crippen LogP contribution in [0.5, 0.6) is 0 Å². The van der Waals surface area contributed by atoms with Crippen molar-refractivity contribution in [3.05, 3.63) is 0 Å². The van der Waals surface area contributed by atoms with E-state index >= 15 is 0 Å². The Bertz CT molecular complexity index is 395. The zero-order valence-electron chi connectivity index (χ0n) is 11.3. The van der Waals surface area contributed by atoms with Crippen molar-refractivity contribution in [1.29, 1.82) is 0 Å². The summed E-state index contributed by atoms with van der Waals surface area (Å²) in [5, 5.41) is -0.372. The quantitative estimate of drug-likeness (QED) is 0.507. The molecule has 106 valence electrons. The molecule has 0 aromatic rings. The molecule has 0 aromatic carbocycles. The third kappa shape index (κ3) is 5.03. The second-order valence-electron chi connectivity index (χ2n) is 4.57. The van der Waals surface area contributed by atoms with Crippen LogP contribution < -0.4 is 0 Å². The highest BCUT2D eigenvalue weighted by atomic mass is 32.2. The first-order chi connectivity index (χ1) is 8.95. The third-order valence-corrected chi connectivity index (χ3v) is 4.41. The minimum absolute atomic E-state index is 0.122. The fourth-order valence-corrected chi connectivity index (χ4v) is 3.12. The Morgan fingerprint density at radius 2 is 2.11 bits per heavy atom. The third-order valence-electron chi connectivity index (χ3n) is 2.95. The smallest absolute Gasteiger partial charge is 0.242 e. The van der Waals surface area contributed by atoms with Crippen LogP contribution in [-0.2, 0) is 14.4 Å². The number of amides is 2. The molecule has 0 N–H and O–H groups in total. The lowest BCUT2D eigenvalue weighted by molar-refractivity contribution is -0.137. The highest BCUT2D eigenvalue weighted by Crippen LogP contribution is 2.25. The fourth-order valence-electron chi connectivity index (χ4n) is 1.92. The van der Waals surface area contributed by atoms with Gasteiger partial charge in [0, 0.05) is 19.4 Å². The molecule has 0 spiro atoms. The van der Waals surface area contributed by atoms with Gasteiger partial charge in [-0.1, -0.05) is 12.2 Å². The topological polar surface area (TPSA) is 54.5 Å². The molecular weight excluding hydrogens is 282 g/mol. The van der Waals surface area contributed by atoms with Crippen LogP contribution in [-0.4, -0.2) is 44.9 Å². The molecule has 0 aromatic heterocycles. The van der Waals surface area contributed by atoms with Crippen molar-refractivity contribution in [2.24, 2.45) is 0 Å². The molecule has 1 rings (SSSR count). The van der Waals surface area contributed by atoms with E-state index in [0.717, 1.165) is 17.7 Å². The molecule has 0 bridgehead atoms. The minimum Gasteiger partial charge on any atom is -0.299 e. The Morgan fingerprint density at radius 3 is 2.63 bits per heavy atom. The first-order valence-corrected chi connectivity index (χ1v) is 7.88. The predicted molar refractivity (Wildman–Crippen MR) is 80.4 cm³/mol. The SMILES string of the molecule is CCN1C(=O)CC(SCC(=O)CCCC(C)=S)C1=O. The summed E-state index contributed by atoms with van der Waals surface area (Å²) in [6.45, 7) is 4.06. The van der Waals surface area contributed by atoms with Gasteiger partial charge in [0.1, 0.15) is 5.78 Å². The number of thioether (sulfide) groups is 1. The lowest BCUT2D eigenvalue weighted by Crippen LogP contribution is -2.31.